The molecule has 0 aromatic heterocycles. The lowest BCUT2D eigenvalue weighted by Crippen LogP contribution is -1.86. The van der Waals surface area contributed by atoms with E-state index in [2.05, 4.69) is 15.9 Å². The summed E-state index contributed by atoms with van der Waals surface area (Å²) in [4.78, 5) is 20.3. The van der Waals surface area contributed by atoms with Crippen LogP contribution in [0.1, 0.15) is 11.1 Å². The van der Waals surface area contributed by atoms with Crippen molar-refractivity contribution in [3.05, 3.63) is 33.8 Å². The zero-order chi connectivity index (χ0) is 8.27. The minimum absolute atomic E-state index is 0.339. The van der Waals surface area contributed by atoms with Crippen LogP contribution >= 0.6 is 15.9 Å². The lowest BCUT2D eigenvalue weighted by atomic mass is 10.1. The first-order valence-electron chi connectivity index (χ1n) is 2.84. The SMILES string of the molecule is O=[C]c1ccc(Br)c([C]=O)c1. The quantitative estimate of drug-likeness (QED) is 0.740. The van der Waals surface area contributed by atoms with Gasteiger partial charge in [-0.05, 0) is 18.2 Å². The highest BCUT2D eigenvalue weighted by atomic mass is 79.9. The third-order valence-corrected chi connectivity index (χ3v) is 1.89. The van der Waals surface area contributed by atoms with E-state index < -0.39 is 0 Å². The summed E-state index contributed by atoms with van der Waals surface area (Å²) in [5, 5.41) is 0. The van der Waals surface area contributed by atoms with Gasteiger partial charge in [0.15, 0.2) is 0 Å². The van der Waals surface area contributed by atoms with Crippen LogP contribution in [0.25, 0.3) is 0 Å². The highest BCUT2D eigenvalue weighted by Crippen LogP contribution is 2.15. The molecule has 0 heterocycles. The molecule has 0 aliphatic heterocycles. The van der Waals surface area contributed by atoms with E-state index >= 15 is 0 Å². The van der Waals surface area contributed by atoms with Crippen LogP contribution in [-0.4, -0.2) is 12.6 Å². The number of benzene rings is 1. The second kappa shape index (κ2) is 3.44. The van der Waals surface area contributed by atoms with Crippen LogP contribution in [-0.2, 0) is 9.59 Å². The first kappa shape index (κ1) is 8.14. The van der Waals surface area contributed by atoms with Gasteiger partial charge in [-0.3, -0.25) is 9.59 Å². The minimum Gasteiger partial charge on any atom is -0.285 e. The van der Waals surface area contributed by atoms with Gasteiger partial charge < -0.3 is 0 Å². The maximum atomic E-state index is 10.2. The van der Waals surface area contributed by atoms with E-state index in [1.54, 1.807) is 24.7 Å². The molecule has 1 rings (SSSR count). The Balaban J connectivity index is 3.22. The predicted octanol–water partition coefficient (Wildman–Crippen LogP) is 1.36. The fourth-order valence-corrected chi connectivity index (χ4v) is 0.995. The maximum absolute atomic E-state index is 10.2. The van der Waals surface area contributed by atoms with Gasteiger partial charge in [-0.1, -0.05) is 15.9 Å². The maximum Gasteiger partial charge on any atom is 0.234 e. The van der Waals surface area contributed by atoms with Crippen molar-refractivity contribution in [1.29, 1.82) is 0 Å². The molecule has 0 aliphatic rings. The van der Waals surface area contributed by atoms with Crippen molar-refractivity contribution in [2.24, 2.45) is 0 Å². The lowest BCUT2D eigenvalue weighted by Gasteiger charge is -1.93. The van der Waals surface area contributed by atoms with Crippen molar-refractivity contribution in [3.63, 3.8) is 0 Å². The number of rotatable bonds is 2. The molecule has 3 heteroatoms. The summed E-state index contributed by atoms with van der Waals surface area (Å²) in [6, 6.07) is 4.60. The first-order chi connectivity index (χ1) is 5.27. The molecule has 0 saturated carbocycles. The Morgan fingerprint density at radius 1 is 1.18 bits per heavy atom. The second-order valence-electron chi connectivity index (χ2n) is 1.90. The summed E-state index contributed by atoms with van der Waals surface area (Å²) in [6.45, 7) is 0. The van der Waals surface area contributed by atoms with Crippen LogP contribution in [0.15, 0.2) is 22.7 Å². The molecular formula is C8H3BrO2. The lowest BCUT2D eigenvalue weighted by molar-refractivity contribution is 0.562. The molecule has 11 heavy (non-hydrogen) atoms. The highest BCUT2D eigenvalue weighted by Gasteiger charge is 2.00. The fourth-order valence-electron chi connectivity index (χ4n) is 0.667. The van der Waals surface area contributed by atoms with Gasteiger partial charge in [0.25, 0.3) is 0 Å². The van der Waals surface area contributed by atoms with E-state index in [1.165, 1.54) is 6.07 Å². The third-order valence-electron chi connectivity index (χ3n) is 1.19. The average Bonchev–Trinajstić information content (AvgIpc) is 2.05. The Morgan fingerprint density at radius 2 is 1.91 bits per heavy atom. The van der Waals surface area contributed by atoms with E-state index in [9.17, 15) is 9.59 Å². The minimum atomic E-state index is 0.339. The number of halogens is 1. The Bertz CT molecular complexity index is 294. The van der Waals surface area contributed by atoms with Crippen molar-refractivity contribution in [1.82, 2.24) is 0 Å². The van der Waals surface area contributed by atoms with Crippen molar-refractivity contribution in [3.8, 4) is 0 Å². The Morgan fingerprint density at radius 3 is 2.45 bits per heavy atom. The zero-order valence-corrected chi connectivity index (χ0v) is 7.01. The highest BCUT2D eigenvalue weighted by molar-refractivity contribution is 9.10. The topological polar surface area (TPSA) is 34.1 Å². The van der Waals surface area contributed by atoms with Crippen molar-refractivity contribution in [2.45, 2.75) is 0 Å². The van der Waals surface area contributed by atoms with E-state index in [1.807, 2.05) is 0 Å². The van der Waals surface area contributed by atoms with Gasteiger partial charge in [-0.15, -0.1) is 0 Å². The van der Waals surface area contributed by atoms with Crippen LogP contribution in [0, 0.1) is 0 Å². The molecule has 0 aliphatic carbocycles. The van der Waals surface area contributed by atoms with Crippen molar-refractivity contribution in [2.75, 3.05) is 0 Å². The smallest absolute Gasteiger partial charge is 0.234 e. The summed E-state index contributed by atoms with van der Waals surface area (Å²) in [7, 11) is 0. The molecule has 2 nitrogen and oxygen atoms in total. The van der Waals surface area contributed by atoms with Gasteiger partial charge in [-0.25, -0.2) is 0 Å². The number of hydrogen-bond acceptors (Lipinski definition) is 2. The van der Waals surface area contributed by atoms with Crippen LogP contribution in [0.3, 0.4) is 0 Å². The average molecular weight is 211 g/mol. The van der Waals surface area contributed by atoms with Gasteiger partial charge in [-0.2, -0.15) is 0 Å². The van der Waals surface area contributed by atoms with Gasteiger partial charge in [0.2, 0.25) is 12.6 Å². The van der Waals surface area contributed by atoms with Crippen molar-refractivity contribution < 1.29 is 9.59 Å². The summed E-state index contributed by atoms with van der Waals surface area (Å²) in [6.07, 6.45) is 3.37. The molecule has 0 saturated heterocycles. The molecule has 0 bridgehead atoms. The summed E-state index contributed by atoms with van der Waals surface area (Å²) < 4.78 is 0.631. The van der Waals surface area contributed by atoms with Gasteiger partial charge in [0, 0.05) is 15.6 Å². The second-order valence-corrected chi connectivity index (χ2v) is 2.75. The molecule has 0 unspecified atom stereocenters. The molecule has 1 aromatic carbocycles. The van der Waals surface area contributed by atoms with Crippen molar-refractivity contribution >= 4 is 28.5 Å². The zero-order valence-electron chi connectivity index (χ0n) is 5.43. The van der Waals surface area contributed by atoms with Crippen LogP contribution in [0.2, 0.25) is 0 Å². The van der Waals surface area contributed by atoms with E-state index in [0.29, 0.717) is 15.6 Å². The van der Waals surface area contributed by atoms with Gasteiger partial charge in [0.05, 0.1) is 0 Å². The summed E-state index contributed by atoms with van der Waals surface area (Å²) >= 11 is 3.13. The number of carbonyl (C=O) groups excluding carboxylic acids is 2. The first-order valence-corrected chi connectivity index (χ1v) is 3.63. The standard InChI is InChI=1S/C8H3BrO2/c9-8-2-1-6(4-10)3-7(8)5-11/h1-3H. The molecule has 0 atom stereocenters. The molecule has 0 fully saturated rings. The molecule has 54 valence electrons. The summed E-state index contributed by atoms with van der Waals surface area (Å²) in [5.74, 6) is 0. The third kappa shape index (κ3) is 1.74. The molecule has 0 spiro atoms. The predicted molar refractivity (Wildman–Crippen MR) is 43.7 cm³/mol. The van der Waals surface area contributed by atoms with Crippen LogP contribution in [0.5, 0.6) is 0 Å². The van der Waals surface area contributed by atoms with E-state index in [4.69, 9.17) is 0 Å². The monoisotopic (exact) mass is 210 g/mol. The molecule has 1 aromatic rings. The fraction of sp³-hybridized carbons (Fsp3) is 0. The number of hydrogen-bond donors (Lipinski definition) is 0. The van der Waals surface area contributed by atoms with Gasteiger partial charge in [0.1, 0.15) is 0 Å². The molecule has 0 N–H and O–H groups in total. The summed E-state index contributed by atoms with van der Waals surface area (Å²) in [5.41, 5.74) is 0.692. The largest absolute Gasteiger partial charge is 0.285 e. The van der Waals surface area contributed by atoms with Crippen LogP contribution in [0.4, 0.5) is 0 Å². The molecule has 0 amide bonds. The Hall–Kier alpha value is -0.960. The Kier molecular flexibility index (Phi) is 2.54. The van der Waals surface area contributed by atoms with E-state index in [0.717, 1.165) is 0 Å². The molecule has 2 radical (unpaired) electrons. The molecular weight excluding hydrogens is 208 g/mol. The van der Waals surface area contributed by atoms with E-state index in [-0.39, 0.29) is 0 Å². The Labute approximate surface area is 72.4 Å². The van der Waals surface area contributed by atoms with Gasteiger partial charge >= 0.3 is 0 Å². The normalized spacial score (nSPS) is 9.18. The van der Waals surface area contributed by atoms with Crippen LogP contribution < -0.4 is 0 Å².